The van der Waals surface area contributed by atoms with Crippen LogP contribution in [0.2, 0.25) is 0 Å². The molecule has 1 aromatic heterocycles. The third kappa shape index (κ3) is 2.43. The van der Waals surface area contributed by atoms with Crippen LogP contribution in [0.5, 0.6) is 5.75 Å². The van der Waals surface area contributed by atoms with Crippen molar-refractivity contribution in [2.45, 2.75) is 6.92 Å². The maximum atomic E-state index is 9.00. The van der Waals surface area contributed by atoms with Gasteiger partial charge in [-0.25, -0.2) is 0 Å². The van der Waals surface area contributed by atoms with Gasteiger partial charge in [-0.05, 0) is 43.3 Å². The number of hydrogen-bond donors (Lipinski definition) is 0. The molecule has 1 heterocycles. The number of nitrogens with zero attached hydrogens (tertiary/aromatic N) is 2. The van der Waals surface area contributed by atoms with Crippen LogP contribution in [0.1, 0.15) is 12.5 Å². The van der Waals surface area contributed by atoms with E-state index in [1.807, 2.05) is 31.2 Å². The quantitative estimate of drug-likeness (QED) is 0.805. The van der Waals surface area contributed by atoms with Gasteiger partial charge in [0.25, 0.3) is 0 Å². The summed E-state index contributed by atoms with van der Waals surface area (Å²) in [7, 11) is 0. The second-order valence-corrected chi connectivity index (χ2v) is 3.47. The summed E-state index contributed by atoms with van der Waals surface area (Å²) >= 11 is 0. The van der Waals surface area contributed by atoms with E-state index in [9.17, 15) is 0 Å². The van der Waals surface area contributed by atoms with Crippen molar-refractivity contribution in [2.24, 2.45) is 0 Å². The lowest BCUT2D eigenvalue weighted by molar-refractivity contribution is 0.340. The predicted molar refractivity (Wildman–Crippen MR) is 65.6 cm³/mol. The molecule has 0 amide bonds. The molecule has 3 heteroatoms. The summed E-state index contributed by atoms with van der Waals surface area (Å²) < 4.78 is 5.37. The number of pyridine rings is 1. The van der Waals surface area contributed by atoms with Crippen LogP contribution in [-0.4, -0.2) is 11.6 Å². The van der Waals surface area contributed by atoms with Crippen LogP contribution in [-0.2, 0) is 0 Å². The number of hydrogen-bond acceptors (Lipinski definition) is 3. The lowest BCUT2D eigenvalue weighted by Gasteiger charge is -2.05. The van der Waals surface area contributed by atoms with Gasteiger partial charge >= 0.3 is 0 Å². The molecular formula is C14H12N2O. The highest BCUT2D eigenvalue weighted by atomic mass is 16.5. The Morgan fingerprint density at radius 1 is 1.24 bits per heavy atom. The van der Waals surface area contributed by atoms with E-state index in [-0.39, 0.29) is 0 Å². The highest BCUT2D eigenvalue weighted by Crippen LogP contribution is 2.23. The van der Waals surface area contributed by atoms with E-state index in [2.05, 4.69) is 11.1 Å². The molecule has 0 aliphatic rings. The average Bonchev–Trinajstić information content (AvgIpc) is 2.40. The average molecular weight is 224 g/mol. The van der Waals surface area contributed by atoms with Crippen molar-refractivity contribution in [1.82, 2.24) is 4.98 Å². The zero-order valence-electron chi connectivity index (χ0n) is 9.55. The summed E-state index contributed by atoms with van der Waals surface area (Å²) in [6.45, 7) is 2.59. The highest BCUT2D eigenvalue weighted by Gasteiger charge is 2.05. The molecule has 3 nitrogen and oxygen atoms in total. The lowest BCUT2D eigenvalue weighted by atomic mass is 10.1. The summed E-state index contributed by atoms with van der Waals surface area (Å²) in [4.78, 5) is 4.23. The monoisotopic (exact) mass is 224 g/mol. The smallest absolute Gasteiger partial charge is 0.119 e. The summed E-state index contributed by atoms with van der Waals surface area (Å²) in [6, 6.07) is 13.3. The molecule has 0 saturated carbocycles. The van der Waals surface area contributed by atoms with Gasteiger partial charge in [-0.1, -0.05) is 0 Å². The minimum absolute atomic E-state index is 0.580. The van der Waals surface area contributed by atoms with Gasteiger partial charge in [0, 0.05) is 11.8 Å². The van der Waals surface area contributed by atoms with Crippen LogP contribution in [0.3, 0.4) is 0 Å². The van der Waals surface area contributed by atoms with Gasteiger partial charge < -0.3 is 4.74 Å². The van der Waals surface area contributed by atoms with Gasteiger partial charge in [-0.2, -0.15) is 5.26 Å². The van der Waals surface area contributed by atoms with E-state index in [1.54, 1.807) is 18.3 Å². The van der Waals surface area contributed by atoms with Crippen LogP contribution in [0.15, 0.2) is 42.6 Å². The molecule has 17 heavy (non-hydrogen) atoms. The van der Waals surface area contributed by atoms with Crippen LogP contribution in [0.25, 0.3) is 11.3 Å². The number of nitriles is 1. The topological polar surface area (TPSA) is 45.9 Å². The predicted octanol–water partition coefficient (Wildman–Crippen LogP) is 3.02. The van der Waals surface area contributed by atoms with Crippen molar-refractivity contribution in [2.75, 3.05) is 6.61 Å². The Kier molecular flexibility index (Phi) is 3.37. The first-order chi connectivity index (χ1) is 8.35. The molecule has 0 spiro atoms. The van der Waals surface area contributed by atoms with E-state index >= 15 is 0 Å². The second-order valence-electron chi connectivity index (χ2n) is 3.47. The van der Waals surface area contributed by atoms with Gasteiger partial charge in [0.1, 0.15) is 11.8 Å². The molecule has 0 unspecified atom stereocenters. The van der Waals surface area contributed by atoms with E-state index < -0.39 is 0 Å². The van der Waals surface area contributed by atoms with Crippen molar-refractivity contribution >= 4 is 0 Å². The van der Waals surface area contributed by atoms with Gasteiger partial charge in [-0.3, -0.25) is 4.98 Å². The molecule has 0 radical (unpaired) electrons. The first kappa shape index (κ1) is 11.2. The van der Waals surface area contributed by atoms with Gasteiger partial charge in [0.15, 0.2) is 0 Å². The summed E-state index contributed by atoms with van der Waals surface area (Å²) in [5, 5.41) is 9.00. The maximum Gasteiger partial charge on any atom is 0.119 e. The first-order valence-electron chi connectivity index (χ1n) is 5.43. The zero-order chi connectivity index (χ0) is 12.1. The Hall–Kier alpha value is -2.34. The molecule has 0 aliphatic carbocycles. The molecule has 84 valence electrons. The van der Waals surface area contributed by atoms with Gasteiger partial charge in [-0.15, -0.1) is 0 Å². The second kappa shape index (κ2) is 5.13. The van der Waals surface area contributed by atoms with Crippen LogP contribution >= 0.6 is 0 Å². The SMILES string of the molecule is CCOc1ccc(-c2ncccc2C#N)cc1. The van der Waals surface area contributed by atoms with E-state index in [0.29, 0.717) is 17.9 Å². The molecule has 2 aromatic rings. The van der Waals surface area contributed by atoms with Crippen molar-refractivity contribution in [1.29, 1.82) is 5.26 Å². The van der Waals surface area contributed by atoms with Crippen molar-refractivity contribution < 1.29 is 4.74 Å². The van der Waals surface area contributed by atoms with Crippen LogP contribution in [0.4, 0.5) is 0 Å². The van der Waals surface area contributed by atoms with Crippen molar-refractivity contribution in [3.05, 3.63) is 48.2 Å². The fraction of sp³-hybridized carbons (Fsp3) is 0.143. The molecule has 0 N–H and O–H groups in total. The Balaban J connectivity index is 2.37. The Morgan fingerprint density at radius 2 is 2.00 bits per heavy atom. The largest absolute Gasteiger partial charge is 0.494 e. The molecule has 0 atom stereocenters. The van der Waals surface area contributed by atoms with Crippen molar-refractivity contribution in [3.63, 3.8) is 0 Å². The summed E-state index contributed by atoms with van der Waals surface area (Å²) in [6.07, 6.45) is 1.69. The summed E-state index contributed by atoms with van der Waals surface area (Å²) in [5.41, 5.74) is 2.21. The highest BCUT2D eigenvalue weighted by molar-refractivity contribution is 5.66. The normalized spacial score (nSPS) is 9.65. The number of aromatic nitrogens is 1. The Labute approximate surface area is 100 Å². The maximum absolute atomic E-state index is 9.00. The molecule has 0 bridgehead atoms. The van der Waals surface area contributed by atoms with E-state index in [4.69, 9.17) is 10.00 Å². The standard InChI is InChI=1S/C14H12N2O/c1-2-17-13-7-5-11(6-8-13)14-12(10-15)4-3-9-16-14/h3-9H,2H2,1H3. The zero-order valence-corrected chi connectivity index (χ0v) is 9.55. The molecule has 2 rings (SSSR count). The van der Waals surface area contributed by atoms with E-state index in [0.717, 1.165) is 11.3 Å². The number of ether oxygens (including phenoxy) is 1. The minimum atomic E-state index is 0.580. The third-order valence-corrected chi connectivity index (χ3v) is 2.37. The Bertz CT molecular complexity index is 541. The fourth-order valence-corrected chi connectivity index (χ4v) is 1.60. The Morgan fingerprint density at radius 3 is 2.65 bits per heavy atom. The molecular weight excluding hydrogens is 212 g/mol. The van der Waals surface area contributed by atoms with Crippen LogP contribution < -0.4 is 4.74 Å². The number of benzene rings is 1. The first-order valence-corrected chi connectivity index (χ1v) is 5.43. The third-order valence-electron chi connectivity index (χ3n) is 2.37. The molecule has 1 aromatic carbocycles. The molecule has 0 saturated heterocycles. The lowest BCUT2D eigenvalue weighted by Crippen LogP contribution is -1.92. The summed E-state index contributed by atoms with van der Waals surface area (Å²) in [5.74, 6) is 0.825. The van der Waals surface area contributed by atoms with Gasteiger partial charge in [0.2, 0.25) is 0 Å². The van der Waals surface area contributed by atoms with E-state index in [1.165, 1.54) is 0 Å². The molecule has 0 aliphatic heterocycles. The minimum Gasteiger partial charge on any atom is -0.494 e. The van der Waals surface area contributed by atoms with Gasteiger partial charge in [0.05, 0.1) is 17.9 Å². The van der Waals surface area contributed by atoms with Crippen LogP contribution in [0, 0.1) is 11.3 Å². The molecule has 0 fully saturated rings. The van der Waals surface area contributed by atoms with Crippen molar-refractivity contribution in [3.8, 4) is 23.1 Å². The number of rotatable bonds is 3. The fourth-order valence-electron chi connectivity index (χ4n) is 1.60.